The minimum atomic E-state index is -0.268. The van der Waals surface area contributed by atoms with Crippen molar-refractivity contribution in [3.63, 3.8) is 0 Å². The van der Waals surface area contributed by atoms with Crippen molar-refractivity contribution in [1.82, 2.24) is 10.2 Å². The van der Waals surface area contributed by atoms with Crippen LogP contribution in [0.4, 0.5) is 0 Å². The monoisotopic (exact) mass is 294 g/mol. The summed E-state index contributed by atoms with van der Waals surface area (Å²) in [5.74, 6) is 2.21. The van der Waals surface area contributed by atoms with Gasteiger partial charge in [0.1, 0.15) is 0 Å². The van der Waals surface area contributed by atoms with Gasteiger partial charge in [0.25, 0.3) is 0 Å². The third-order valence-corrected chi connectivity index (χ3v) is 4.39. The molecule has 2 rings (SSSR count). The Bertz CT molecular complexity index is 434. The Kier molecular flexibility index (Phi) is 6.36. The number of benzene rings is 1. The Morgan fingerprint density at radius 3 is 2.85 bits per heavy atom. The second-order valence-corrected chi connectivity index (χ2v) is 6.00. The highest BCUT2D eigenvalue weighted by atomic mass is 32.2. The highest BCUT2D eigenvalue weighted by Crippen LogP contribution is 2.10. The fourth-order valence-electron chi connectivity index (χ4n) is 2.27. The van der Waals surface area contributed by atoms with Gasteiger partial charge in [0.15, 0.2) is 0 Å². The second-order valence-electron chi connectivity index (χ2n) is 4.78. The zero-order valence-corrected chi connectivity index (χ0v) is 12.7. The van der Waals surface area contributed by atoms with Crippen molar-refractivity contribution >= 4 is 17.7 Å². The van der Waals surface area contributed by atoms with Crippen LogP contribution in [0.5, 0.6) is 0 Å². The largest absolute Gasteiger partial charge is 0.465 e. The predicted molar refractivity (Wildman–Crippen MR) is 83.3 cm³/mol. The predicted octanol–water partition coefficient (Wildman–Crippen LogP) is 1.61. The lowest BCUT2D eigenvalue weighted by Crippen LogP contribution is -2.37. The number of nitrogens with one attached hydrogen (secondary N) is 1. The quantitative estimate of drug-likeness (QED) is 0.638. The summed E-state index contributed by atoms with van der Waals surface area (Å²) in [5, 5.41) is 3.41. The molecule has 0 amide bonds. The van der Waals surface area contributed by atoms with Crippen LogP contribution in [0.25, 0.3) is 0 Å². The number of hydrogen-bond acceptors (Lipinski definition) is 5. The molecule has 0 atom stereocenters. The van der Waals surface area contributed by atoms with E-state index < -0.39 is 0 Å². The second kappa shape index (κ2) is 8.29. The Morgan fingerprint density at radius 1 is 1.35 bits per heavy atom. The molecule has 4 nitrogen and oxygen atoms in total. The molecule has 0 bridgehead atoms. The van der Waals surface area contributed by atoms with Crippen LogP contribution in [0, 0.1) is 0 Å². The van der Waals surface area contributed by atoms with Crippen molar-refractivity contribution in [3.8, 4) is 0 Å². The number of thioether (sulfide) groups is 1. The topological polar surface area (TPSA) is 41.6 Å². The van der Waals surface area contributed by atoms with Crippen LogP contribution < -0.4 is 5.32 Å². The highest BCUT2D eigenvalue weighted by molar-refractivity contribution is 7.99. The number of methoxy groups -OCH3 is 1. The van der Waals surface area contributed by atoms with Gasteiger partial charge in [-0.25, -0.2) is 4.79 Å². The average molecular weight is 294 g/mol. The minimum absolute atomic E-state index is 0.268. The highest BCUT2D eigenvalue weighted by Gasteiger charge is 2.11. The molecule has 1 saturated heterocycles. The summed E-state index contributed by atoms with van der Waals surface area (Å²) < 4.78 is 4.80. The van der Waals surface area contributed by atoms with E-state index in [4.69, 9.17) is 4.74 Å². The molecule has 1 aromatic rings. The number of nitrogens with zero attached hydrogens (tertiary/aromatic N) is 1. The molecule has 1 aliphatic rings. The molecule has 5 heteroatoms. The standard InChI is InChI=1S/C15H22N2O2S/c1-19-15(18)14-5-3-2-4-13(14)12-16-6-7-17-8-10-20-11-9-17/h2-5,16H,6-12H2,1H3. The van der Waals surface area contributed by atoms with Crippen molar-refractivity contribution in [2.75, 3.05) is 44.8 Å². The molecule has 0 radical (unpaired) electrons. The van der Waals surface area contributed by atoms with Crippen LogP contribution in [-0.2, 0) is 11.3 Å². The summed E-state index contributed by atoms with van der Waals surface area (Å²) in [5.41, 5.74) is 1.64. The molecule has 20 heavy (non-hydrogen) atoms. The van der Waals surface area contributed by atoms with Gasteiger partial charge >= 0.3 is 5.97 Å². The number of hydrogen-bond donors (Lipinski definition) is 1. The third-order valence-electron chi connectivity index (χ3n) is 3.45. The van der Waals surface area contributed by atoms with Gasteiger partial charge in [0, 0.05) is 44.2 Å². The molecule has 1 aromatic carbocycles. The van der Waals surface area contributed by atoms with Gasteiger partial charge in [-0.15, -0.1) is 0 Å². The SMILES string of the molecule is COC(=O)c1ccccc1CNCCN1CCSCC1. The summed E-state index contributed by atoms with van der Waals surface area (Å²) in [4.78, 5) is 14.1. The van der Waals surface area contributed by atoms with E-state index in [2.05, 4.69) is 10.2 Å². The smallest absolute Gasteiger partial charge is 0.338 e. The van der Waals surface area contributed by atoms with E-state index in [0.29, 0.717) is 12.1 Å². The van der Waals surface area contributed by atoms with Crippen LogP contribution in [0.3, 0.4) is 0 Å². The van der Waals surface area contributed by atoms with Gasteiger partial charge in [-0.2, -0.15) is 11.8 Å². The summed E-state index contributed by atoms with van der Waals surface area (Å²) in [7, 11) is 1.42. The zero-order chi connectivity index (χ0) is 14.2. The average Bonchev–Trinajstić information content (AvgIpc) is 2.52. The van der Waals surface area contributed by atoms with Gasteiger partial charge in [-0.1, -0.05) is 18.2 Å². The van der Waals surface area contributed by atoms with Gasteiger partial charge < -0.3 is 15.0 Å². The number of rotatable bonds is 6. The Labute approximate surface area is 124 Å². The van der Waals surface area contributed by atoms with E-state index in [9.17, 15) is 4.79 Å². The number of carbonyl (C=O) groups excluding carboxylic acids is 1. The third kappa shape index (κ3) is 4.51. The normalized spacial score (nSPS) is 16.1. The maximum absolute atomic E-state index is 11.7. The molecule has 110 valence electrons. The molecule has 0 aliphatic carbocycles. The Morgan fingerprint density at radius 2 is 2.10 bits per heavy atom. The van der Waals surface area contributed by atoms with Crippen molar-refractivity contribution < 1.29 is 9.53 Å². The minimum Gasteiger partial charge on any atom is -0.465 e. The molecule has 0 saturated carbocycles. The van der Waals surface area contributed by atoms with Crippen molar-refractivity contribution in [2.24, 2.45) is 0 Å². The van der Waals surface area contributed by atoms with E-state index in [0.717, 1.165) is 18.7 Å². The van der Waals surface area contributed by atoms with Crippen LogP contribution in [0.15, 0.2) is 24.3 Å². The van der Waals surface area contributed by atoms with Crippen LogP contribution in [0.1, 0.15) is 15.9 Å². The first-order chi connectivity index (χ1) is 9.81. The summed E-state index contributed by atoms with van der Waals surface area (Å²) in [6.07, 6.45) is 0. The van der Waals surface area contributed by atoms with Gasteiger partial charge in [0.05, 0.1) is 12.7 Å². The number of esters is 1. The maximum Gasteiger partial charge on any atom is 0.338 e. The Balaban J connectivity index is 1.77. The maximum atomic E-state index is 11.7. The van der Waals surface area contributed by atoms with E-state index in [1.807, 2.05) is 36.0 Å². The summed E-state index contributed by atoms with van der Waals surface area (Å²) >= 11 is 2.03. The first-order valence-electron chi connectivity index (χ1n) is 6.98. The van der Waals surface area contributed by atoms with E-state index in [-0.39, 0.29) is 5.97 Å². The fraction of sp³-hybridized carbons (Fsp3) is 0.533. The molecule has 0 spiro atoms. The first kappa shape index (κ1) is 15.4. The van der Waals surface area contributed by atoms with E-state index in [1.54, 1.807) is 0 Å². The summed E-state index contributed by atoms with van der Waals surface area (Å²) in [6, 6.07) is 7.59. The molecule has 0 unspecified atom stereocenters. The fourth-order valence-corrected chi connectivity index (χ4v) is 3.25. The van der Waals surface area contributed by atoms with Crippen molar-refractivity contribution in [2.45, 2.75) is 6.54 Å². The molecule has 1 aliphatic heterocycles. The summed E-state index contributed by atoms with van der Waals surface area (Å²) in [6.45, 7) is 5.09. The lowest BCUT2D eigenvalue weighted by atomic mass is 10.1. The van der Waals surface area contributed by atoms with Crippen molar-refractivity contribution in [1.29, 1.82) is 0 Å². The van der Waals surface area contributed by atoms with E-state index in [1.165, 1.54) is 31.7 Å². The van der Waals surface area contributed by atoms with Gasteiger partial charge in [-0.3, -0.25) is 0 Å². The molecule has 1 fully saturated rings. The molecular formula is C15H22N2O2S. The van der Waals surface area contributed by atoms with Crippen LogP contribution >= 0.6 is 11.8 Å². The molecule has 1 N–H and O–H groups in total. The lowest BCUT2D eigenvalue weighted by Gasteiger charge is -2.26. The zero-order valence-electron chi connectivity index (χ0n) is 11.9. The van der Waals surface area contributed by atoms with Gasteiger partial charge in [0.2, 0.25) is 0 Å². The number of carbonyl (C=O) groups is 1. The first-order valence-corrected chi connectivity index (χ1v) is 8.14. The Hall–Kier alpha value is -1.04. The molecule has 1 heterocycles. The molecule has 0 aromatic heterocycles. The lowest BCUT2D eigenvalue weighted by molar-refractivity contribution is 0.0599. The number of ether oxygens (including phenoxy) is 1. The van der Waals surface area contributed by atoms with Crippen molar-refractivity contribution in [3.05, 3.63) is 35.4 Å². The van der Waals surface area contributed by atoms with Gasteiger partial charge in [-0.05, 0) is 11.6 Å². The van der Waals surface area contributed by atoms with E-state index >= 15 is 0 Å². The molecular weight excluding hydrogens is 272 g/mol. The van der Waals surface area contributed by atoms with Crippen LogP contribution in [-0.4, -0.2) is 55.7 Å². The van der Waals surface area contributed by atoms with Crippen LogP contribution in [0.2, 0.25) is 0 Å².